The number of amides is 3. The summed E-state index contributed by atoms with van der Waals surface area (Å²) in [6.45, 7) is 1.80. The number of nitrogens with zero attached hydrogens (tertiary/aromatic N) is 1. The Balaban J connectivity index is 1.26. The number of thiazole rings is 1. The van der Waals surface area contributed by atoms with Gasteiger partial charge in [0.05, 0.1) is 10.9 Å². The fourth-order valence-electron chi connectivity index (χ4n) is 4.11. The Morgan fingerprint density at radius 3 is 2.41 bits per heavy atom. The first-order valence-corrected chi connectivity index (χ1v) is 17.1. The third-order valence-corrected chi connectivity index (χ3v) is 9.38. The van der Waals surface area contributed by atoms with Crippen molar-refractivity contribution < 1.29 is 14.4 Å². The fourth-order valence-corrected chi connectivity index (χ4v) is 6.49. The third kappa shape index (κ3) is 9.08. The Labute approximate surface area is 292 Å². The number of thioether (sulfide) groups is 1. The van der Waals surface area contributed by atoms with Gasteiger partial charge >= 0.3 is 0 Å². The van der Waals surface area contributed by atoms with Crippen LogP contribution in [-0.2, 0) is 9.59 Å². The molecular weight excluding hydrogens is 727 g/mol. The lowest BCUT2D eigenvalue weighted by atomic mass is 10.1. The zero-order chi connectivity index (χ0) is 32.6. The monoisotopic (exact) mass is 750 g/mol. The van der Waals surface area contributed by atoms with Gasteiger partial charge in [0.1, 0.15) is 5.70 Å². The number of rotatable bonds is 10. The summed E-state index contributed by atoms with van der Waals surface area (Å²) in [5, 5.41) is 11.1. The number of nitrogens with one attached hydrogen (secondary N) is 3. The Bertz CT molecular complexity index is 1920. The number of halogens is 3. The van der Waals surface area contributed by atoms with Crippen LogP contribution in [0.2, 0.25) is 10.0 Å². The van der Waals surface area contributed by atoms with E-state index in [9.17, 15) is 14.4 Å². The summed E-state index contributed by atoms with van der Waals surface area (Å²) in [6.07, 6.45) is 1.49. The molecule has 1 unspecified atom stereocenters. The molecule has 0 saturated carbocycles. The second-order valence-corrected chi connectivity index (χ2v) is 13.9. The van der Waals surface area contributed by atoms with Crippen molar-refractivity contribution in [2.24, 2.45) is 0 Å². The van der Waals surface area contributed by atoms with Crippen LogP contribution in [0.5, 0.6) is 0 Å². The van der Waals surface area contributed by atoms with Crippen LogP contribution in [0.4, 0.5) is 10.8 Å². The minimum Gasteiger partial charge on any atom is -0.321 e. The second kappa shape index (κ2) is 15.6. The minimum absolute atomic E-state index is 0.0187. The quantitative estimate of drug-likeness (QED) is 0.0976. The number of aromatic nitrogens is 1. The maximum atomic E-state index is 13.5. The standard InChI is InChI=1S/C34H25BrCl2N4O3S2/c1-20(31(42)41-34-40-30(19-45-34)21-10-13-24(35)14-11-21)46-27-9-5-8-26(18-27)38-33(44)29(16-23-12-15-25(36)17-28(23)37)39-32(43)22-6-3-2-4-7-22/h2-20H,1H3,(H,38,44)(H,39,43)(H,40,41,42)/b29-16+. The van der Waals surface area contributed by atoms with Gasteiger partial charge in [-0.1, -0.05) is 81.6 Å². The molecule has 0 spiro atoms. The molecule has 5 aromatic rings. The molecule has 0 aliphatic carbocycles. The first-order valence-electron chi connectivity index (χ1n) is 13.8. The predicted molar refractivity (Wildman–Crippen MR) is 193 cm³/mol. The fraction of sp³-hybridized carbons (Fsp3) is 0.0588. The lowest BCUT2D eigenvalue weighted by Gasteiger charge is -2.14. The molecule has 3 N–H and O–H groups in total. The van der Waals surface area contributed by atoms with Crippen molar-refractivity contribution >= 4 is 96.8 Å². The van der Waals surface area contributed by atoms with E-state index in [1.54, 1.807) is 73.7 Å². The molecular formula is C34H25BrCl2N4O3S2. The third-order valence-electron chi connectivity index (χ3n) is 6.44. The lowest BCUT2D eigenvalue weighted by molar-refractivity contribution is -0.115. The molecule has 1 heterocycles. The lowest BCUT2D eigenvalue weighted by Crippen LogP contribution is -2.30. The first kappa shape index (κ1) is 33.4. The van der Waals surface area contributed by atoms with Gasteiger partial charge in [0.15, 0.2) is 5.13 Å². The van der Waals surface area contributed by atoms with E-state index in [1.807, 2.05) is 35.7 Å². The molecule has 12 heteroatoms. The Morgan fingerprint density at radius 1 is 0.913 bits per heavy atom. The van der Waals surface area contributed by atoms with Crippen LogP contribution in [-0.4, -0.2) is 28.0 Å². The van der Waals surface area contributed by atoms with Gasteiger partial charge in [-0.2, -0.15) is 0 Å². The molecule has 1 atom stereocenters. The second-order valence-electron chi connectivity index (χ2n) is 9.82. The zero-order valence-corrected chi connectivity index (χ0v) is 28.8. The molecule has 0 fully saturated rings. The molecule has 1 aromatic heterocycles. The van der Waals surface area contributed by atoms with Gasteiger partial charge in [-0.15, -0.1) is 23.1 Å². The van der Waals surface area contributed by atoms with Crippen LogP contribution in [0, 0.1) is 0 Å². The summed E-state index contributed by atoms with van der Waals surface area (Å²) in [7, 11) is 0. The van der Waals surface area contributed by atoms with E-state index in [1.165, 1.54) is 29.2 Å². The van der Waals surface area contributed by atoms with Crippen molar-refractivity contribution in [2.75, 3.05) is 10.6 Å². The molecule has 0 bridgehead atoms. The number of carbonyl (C=O) groups is 3. The van der Waals surface area contributed by atoms with E-state index in [0.29, 0.717) is 32.0 Å². The van der Waals surface area contributed by atoms with Crippen LogP contribution in [0.3, 0.4) is 0 Å². The van der Waals surface area contributed by atoms with Crippen LogP contribution in [0.15, 0.2) is 118 Å². The van der Waals surface area contributed by atoms with E-state index in [0.717, 1.165) is 20.6 Å². The van der Waals surface area contributed by atoms with Crippen molar-refractivity contribution in [3.05, 3.63) is 134 Å². The van der Waals surface area contributed by atoms with Gasteiger partial charge in [0, 0.05) is 41.6 Å². The zero-order valence-electron chi connectivity index (χ0n) is 24.1. The number of hydrogen-bond donors (Lipinski definition) is 3. The molecule has 46 heavy (non-hydrogen) atoms. The SMILES string of the molecule is CC(Sc1cccc(NC(=O)/C(=C\c2ccc(Cl)cc2Cl)NC(=O)c2ccccc2)c1)C(=O)Nc1nc(-c2ccc(Br)cc2)cs1. The van der Waals surface area contributed by atoms with Crippen LogP contribution >= 0.6 is 62.2 Å². The molecule has 0 aliphatic heterocycles. The first-order chi connectivity index (χ1) is 22.1. The van der Waals surface area contributed by atoms with Crippen molar-refractivity contribution in [1.29, 1.82) is 0 Å². The Hall–Kier alpha value is -3.93. The number of carbonyl (C=O) groups excluding carboxylic acids is 3. The average Bonchev–Trinajstić information content (AvgIpc) is 3.51. The van der Waals surface area contributed by atoms with E-state index in [-0.39, 0.29) is 11.6 Å². The summed E-state index contributed by atoms with van der Waals surface area (Å²) >= 11 is 18.5. The van der Waals surface area contributed by atoms with E-state index < -0.39 is 17.1 Å². The smallest absolute Gasteiger partial charge is 0.272 e. The van der Waals surface area contributed by atoms with Gasteiger partial charge in [0.25, 0.3) is 11.8 Å². The van der Waals surface area contributed by atoms with Crippen LogP contribution in [0.25, 0.3) is 17.3 Å². The van der Waals surface area contributed by atoms with Crippen molar-refractivity contribution in [3.63, 3.8) is 0 Å². The highest BCUT2D eigenvalue weighted by atomic mass is 79.9. The minimum atomic E-state index is -0.561. The van der Waals surface area contributed by atoms with Crippen molar-refractivity contribution in [1.82, 2.24) is 10.3 Å². The summed E-state index contributed by atoms with van der Waals surface area (Å²) < 4.78 is 0.976. The predicted octanol–water partition coefficient (Wildman–Crippen LogP) is 9.41. The molecule has 3 amide bonds. The maximum Gasteiger partial charge on any atom is 0.272 e. The number of anilines is 2. The van der Waals surface area contributed by atoms with E-state index in [4.69, 9.17) is 23.2 Å². The van der Waals surface area contributed by atoms with Gasteiger partial charge in [0.2, 0.25) is 5.91 Å². The van der Waals surface area contributed by atoms with Gasteiger partial charge in [-0.3, -0.25) is 14.4 Å². The highest BCUT2D eigenvalue weighted by molar-refractivity contribution is 9.10. The molecule has 0 radical (unpaired) electrons. The molecule has 0 saturated heterocycles. The van der Waals surface area contributed by atoms with Crippen LogP contribution in [0.1, 0.15) is 22.8 Å². The molecule has 4 aromatic carbocycles. The van der Waals surface area contributed by atoms with Crippen molar-refractivity contribution in [2.45, 2.75) is 17.1 Å². The molecule has 7 nitrogen and oxygen atoms in total. The highest BCUT2D eigenvalue weighted by Crippen LogP contribution is 2.30. The topological polar surface area (TPSA) is 100 Å². The number of hydrogen-bond acceptors (Lipinski definition) is 6. The summed E-state index contributed by atoms with van der Waals surface area (Å²) in [5.74, 6) is -1.22. The van der Waals surface area contributed by atoms with Gasteiger partial charge in [-0.25, -0.2) is 4.98 Å². The summed E-state index contributed by atoms with van der Waals surface area (Å²) in [6, 6.07) is 28.3. The molecule has 232 valence electrons. The Morgan fingerprint density at radius 2 is 1.67 bits per heavy atom. The average molecular weight is 753 g/mol. The van der Waals surface area contributed by atoms with Crippen molar-refractivity contribution in [3.8, 4) is 11.3 Å². The molecule has 0 aliphatic rings. The largest absolute Gasteiger partial charge is 0.321 e. The van der Waals surface area contributed by atoms with Crippen LogP contribution < -0.4 is 16.0 Å². The maximum absolute atomic E-state index is 13.5. The van der Waals surface area contributed by atoms with E-state index in [2.05, 4.69) is 36.9 Å². The highest BCUT2D eigenvalue weighted by Gasteiger charge is 2.19. The summed E-state index contributed by atoms with van der Waals surface area (Å²) in [4.78, 5) is 44.7. The van der Waals surface area contributed by atoms with Gasteiger partial charge < -0.3 is 16.0 Å². The van der Waals surface area contributed by atoms with Gasteiger partial charge in [-0.05, 0) is 73.2 Å². The number of benzene rings is 4. The van der Waals surface area contributed by atoms with E-state index >= 15 is 0 Å². The summed E-state index contributed by atoms with van der Waals surface area (Å²) in [5.41, 5.74) is 3.08. The Kier molecular flexibility index (Phi) is 11.3. The molecule has 5 rings (SSSR count). The normalized spacial score (nSPS) is 11.9.